The van der Waals surface area contributed by atoms with Gasteiger partial charge in [0, 0.05) is 56.2 Å². The van der Waals surface area contributed by atoms with E-state index in [1.54, 1.807) is 6.20 Å². The predicted molar refractivity (Wildman–Crippen MR) is 165 cm³/mol. The average Bonchev–Trinajstić information content (AvgIpc) is 3.02. The monoisotopic (exact) mass is 673 g/mol. The van der Waals surface area contributed by atoms with E-state index in [1.807, 2.05) is 31.2 Å². The Hall–Kier alpha value is -2.74. The van der Waals surface area contributed by atoms with Gasteiger partial charge in [-0.3, -0.25) is 0 Å². The first-order chi connectivity index (χ1) is 21.4. The molecule has 1 aliphatic heterocycles. The molecular weight excluding hydrogens is 635 g/mol. The van der Waals surface area contributed by atoms with Crippen molar-refractivity contribution in [1.82, 2.24) is 20.0 Å². The Morgan fingerprint density at radius 2 is 1.89 bits per heavy atom. The number of nitrogens with one attached hydrogen (secondary N) is 4. The Balaban J connectivity index is 1.22. The van der Waals surface area contributed by atoms with Crippen LogP contribution in [0.25, 0.3) is 11.3 Å². The second-order valence-electron chi connectivity index (χ2n) is 11.5. The van der Waals surface area contributed by atoms with E-state index < -0.39 is 27.5 Å². The Labute approximate surface area is 266 Å². The smallest absolute Gasteiger partial charge is 0.381 e. The van der Waals surface area contributed by atoms with E-state index >= 15 is 0 Å². The number of sulfonamides is 1. The molecule has 4 N–H and O–H groups in total. The van der Waals surface area contributed by atoms with Crippen LogP contribution in [0.2, 0.25) is 5.02 Å². The maximum absolute atomic E-state index is 12.4. The number of anilines is 2. The molecule has 1 saturated heterocycles. The fourth-order valence-corrected chi connectivity index (χ4v) is 6.12. The quantitative estimate of drug-likeness (QED) is 0.208. The number of ether oxygens (including phenoxy) is 2. The van der Waals surface area contributed by atoms with Crippen molar-refractivity contribution in [3.05, 3.63) is 35.5 Å². The molecule has 0 unspecified atom stereocenters. The molecule has 2 aromatic heterocycles. The van der Waals surface area contributed by atoms with Crippen LogP contribution in [0.1, 0.15) is 45.4 Å². The van der Waals surface area contributed by atoms with Crippen molar-refractivity contribution >= 4 is 33.3 Å². The Morgan fingerprint density at radius 1 is 1.18 bits per heavy atom. The van der Waals surface area contributed by atoms with Gasteiger partial charge in [0.15, 0.2) is 0 Å². The lowest BCUT2D eigenvalue weighted by Crippen LogP contribution is -2.43. The summed E-state index contributed by atoms with van der Waals surface area (Å²) in [5, 5.41) is 20.5. The van der Waals surface area contributed by atoms with Crippen LogP contribution in [0, 0.1) is 16.7 Å². The number of nitrogens with zero attached hydrogens (tertiary/aromatic N) is 3. The lowest BCUT2D eigenvalue weighted by molar-refractivity contribution is -0.0449. The summed E-state index contributed by atoms with van der Waals surface area (Å²) in [7, 11) is -5.36. The van der Waals surface area contributed by atoms with Crippen molar-refractivity contribution in [3.63, 3.8) is 0 Å². The average molecular weight is 674 g/mol. The van der Waals surface area contributed by atoms with E-state index in [0.717, 1.165) is 31.2 Å². The van der Waals surface area contributed by atoms with Crippen molar-refractivity contribution in [2.45, 2.75) is 69.1 Å². The zero-order valence-electron chi connectivity index (χ0n) is 25.0. The lowest BCUT2D eigenvalue weighted by Gasteiger charge is -2.32. The number of halogens is 4. The van der Waals surface area contributed by atoms with Gasteiger partial charge < -0.3 is 25.4 Å². The number of rotatable bonds is 14. The number of aromatic nitrogens is 2. The van der Waals surface area contributed by atoms with E-state index in [2.05, 4.69) is 27.0 Å². The Bertz CT molecular complexity index is 1410. The van der Waals surface area contributed by atoms with Gasteiger partial charge in [0.25, 0.3) is 0 Å². The largest absolute Gasteiger partial charge is 0.511 e. The maximum atomic E-state index is 12.4. The van der Waals surface area contributed by atoms with Crippen molar-refractivity contribution in [2.24, 2.45) is 5.41 Å². The molecule has 0 amide bonds. The summed E-state index contributed by atoms with van der Waals surface area (Å²) in [6.07, 6.45) is 6.56. The topological polar surface area (TPSA) is 150 Å². The zero-order valence-corrected chi connectivity index (χ0v) is 26.6. The molecule has 45 heavy (non-hydrogen) atoms. The van der Waals surface area contributed by atoms with Gasteiger partial charge in [-0.05, 0) is 63.6 Å². The van der Waals surface area contributed by atoms with Gasteiger partial charge in [-0.2, -0.15) is 18.4 Å². The first-order valence-electron chi connectivity index (χ1n) is 14.9. The molecule has 2 aliphatic rings. The van der Waals surface area contributed by atoms with E-state index in [1.165, 1.54) is 4.72 Å². The van der Waals surface area contributed by atoms with Gasteiger partial charge >= 0.3 is 15.5 Å². The van der Waals surface area contributed by atoms with Gasteiger partial charge in [-0.1, -0.05) is 17.7 Å². The van der Waals surface area contributed by atoms with Crippen LogP contribution in [0.5, 0.6) is 0 Å². The van der Waals surface area contributed by atoms with Crippen LogP contribution in [0.15, 0.2) is 30.5 Å². The molecule has 0 aromatic carbocycles. The van der Waals surface area contributed by atoms with E-state index in [9.17, 15) is 26.9 Å². The van der Waals surface area contributed by atoms with Crippen molar-refractivity contribution in [1.29, 1.82) is 5.26 Å². The summed E-state index contributed by atoms with van der Waals surface area (Å²) in [5.74, 6) is 1.35. The van der Waals surface area contributed by atoms with Gasteiger partial charge in [0.05, 0.1) is 35.4 Å². The highest BCUT2D eigenvalue weighted by Crippen LogP contribution is 2.32. The first-order valence-corrected chi connectivity index (χ1v) is 16.8. The van der Waals surface area contributed by atoms with Gasteiger partial charge in [0.1, 0.15) is 11.6 Å². The van der Waals surface area contributed by atoms with Crippen LogP contribution in [-0.2, 0) is 19.5 Å². The van der Waals surface area contributed by atoms with Crippen LogP contribution in [0.3, 0.4) is 0 Å². The maximum Gasteiger partial charge on any atom is 0.511 e. The van der Waals surface area contributed by atoms with Gasteiger partial charge in [-0.15, -0.1) is 0 Å². The van der Waals surface area contributed by atoms with Crippen molar-refractivity contribution in [2.75, 3.05) is 50.2 Å². The first kappa shape index (κ1) is 35.1. The molecule has 4 rings (SSSR count). The zero-order chi connectivity index (χ0) is 32.5. The second-order valence-corrected chi connectivity index (χ2v) is 13.7. The summed E-state index contributed by atoms with van der Waals surface area (Å²) in [6, 6.07) is 10.4. The summed E-state index contributed by atoms with van der Waals surface area (Å²) < 4.78 is 71.4. The van der Waals surface area contributed by atoms with E-state index in [-0.39, 0.29) is 31.3 Å². The predicted octanol–water partition coefficient (Wildman–Crippen LogP) is 4.69. The molecule has 0 spiro atoms. The highest BCUT2D eigenvalue weighted by molar-refractivity contribution is 7.90. The summed E-state index contributed by atoms with van der Waals surface area (Å²) in [5.41, 5.74) is -4.38. The molecule has 248 valence electrons. The SMILES string of the molecule is C[C@H](COCCNS(=O)(=O)C(F)(F)F)N[C@H]1CC[C@H](Nc2cc(-c3cccc(NCC4(C#N)CCOCC4)n3)c(Cl)cn2)CC1. The Kier molecular flexibility index (Phi) is 12.3. The molecule has 0 bridgehead atoms. The Morgan fingerprint density at radius 3 is 2.58 bits per heavy atom. The number of hydrogen-bond acceptors (Lipinski definition) is 10. The molecule has 1 atom stereocenters. The standard InChI is InChI=1S/C29H39ClF3N7O4S/c1-20(17-44-14-11-37-45(41,42)29(31,32)33)38-21-5-7-22(8-6-21)39-27-15-23(24(30)16-35-27)25-3-2-4-26(40-25)36-19-28(18-34)9-12-43-13-10-28/h2-4,15-16,20-22,37-38H,5-14,17,19H2,1H3,(H,35,39)(H,36,40)/t20-,21-,22-/m1/s1. The fraction of sp³-hybridized carbons (Fsp3) is 0.621. The van der Waals surface area contributed by atoms with Crippen LogP contribution < -0.4 is 20.7 Å². The second kappa shape index (κ2) is 15.7. The van der Waals surface area contributed by atoms with Crippen LogP contribution in [-0.4, -0.2) is 81.5 Å². The van der Waals surface area contributed by atoms with Gasteiger partial charge in [-0.25, -0.2) is 23.1 Å². The molecule has 1 aliphatic carbocycles. The summed E-state index contributed by atoms with van der Waals surface area (Å²) in [4.78, 5) is 9.22. The highest BCUT2D eigenvalue weighted by atomic mass is 35.5. The minimum atomic E-state index is -5.36. The molecular formula is C29H39ClF3N7O4S. The normalized spacial score (nSPS) is 21.1. The van der Waals surface area contributed by atoms with Gasteiger partial charge in [0.2, 0.25) is 0 Å². The van der Waals surface area contributed by atoms with E-state index in [4.69, 9.17) is 26.1 Å². The number of hydrogen-bond donors (Lipinski definition) is 4. The minimum absolute atomic E-state index is 0.0564. The molecule has 11 nitrogen and oxygen atoms in total. The minimum Gasteiger partial charge on any atom is -0.381 e. The molecule has 16 heteroatoms. The number of alkyl halides is 3. The van der Waals surface area contributed by atoms with Crippen LogP contribution in [0.4, 0.5) is 24.8 Å². The fourth-order valence-electron chi connectivity index (χ4n) is 5.40. The third-order valence-electron chi connectivity index (χ3n) is 7.99. The molecule has 1 saturated carbocycles. The molecule has 2 fully saturated rings. The molecule has 0 radical (unpaired) electrons. The lowest BCUT2D eigenvalue weighted by atomic mass is 9.82. The molecule has 2 aromatic rings. The third kappa shape index (κ3) is 10.1. The van der Waals surface area contributed by atoms with Crippen molar-refractivity contribution in [3.8, 4) is 17.3 Å². The summed E-state index contributed by atoms with van der Waals surface area (Å²) in [6.45, 7) is 3.17. The molecule has 3 heterocycles. The highest BCUT2D eigenvalue weighted by Gasteiger charge is 2.45. The number of nitriles is 1. The third-order valence-corrected chi connectivity index (χ3v) is 9.48. The van der Waals surface area contributed by atoms with Crippen LogP contribution >= 0.6 is 11.6 Å². The number of pyridine rings is 2. The van der Waals surface area contributed by atoms with E-state index in [0.29, 0.717) is 55.0 Å². The van der Waals surface area contributed by atoms with Crippen molar-refractivity contribution < 1.29 is 31.1 Å². The summed E-state index contributed by atoms with van der Waals surface area (Å²) >= 11 is 6.53.